The number of nitrogens with zero attached hydrogens (tertiary/aromatic N) is 3. The van der Waals surface area contributed by atoms with Crippen molar-refractivity contribution in [3.05, 3.63) is 98.5 Å². The number of phenolic OH excluding ortho intramolecular Hbond substituents is 1. The molecule has 2 heterocycles. The zero-order chi connectivity index (χ0) is 28.6. The quantitative estimate of drug-likeness (QED) is 0.0771. The number of carbonyl (C=O) groups excluding carboxylic acids is 2. The highest BCUT2D eigenvalue weighted by atomic mass is 79.9. The molecule has 1 atom stereocenters. The number of ether oxygens (including phenoxy) is 1. The number of aliphatic hydroxyl groups excluding tert-OH is 1. The Morgan fingerprint density at radius 2 is 1.85 bits per heavy atom. The first-order chi connectivity index (χ1) is 19.2. The number of hydrogen-bond donors (Lipinski definition) is 2. The maximum atomic E-state index is 13.6. The Kier molecular flexibility index (Phi) is 7.97. The zero-order valence-corrected chi connectivity index (χ0v) is 24.9. The molecular weight excluding hydrogens is 614 g/mol. The van der Waals surface area contributed by atoms with E-state index in [1.165, 1.54) is 41.2 Å². The normalized spacial score (nSPS) is 16.5. The first-order valence-electron chi connectivity index (χ1n) is 12.1. The van der Waals surface area contributed by atoms with Gasteiger partial charge in [-0.25, -0.2) is 0 Å². The molecule has 5 rings (SSSR count). The van der Waals surface area contributed by atoms with Gasteiger partial charge in [-0.15, -0.1) is 10.2 Å². The third-order valence-electron chi connectivity index (χ3n) is 6.49. The van der Waals surface area contributed by atoms with E-state index in [4.69, 9.17) is 4.74 Å². The standard InChI is InChI=1S/C29H24BrN3O5S2/c1-15-9-10-16(2)19(11-15)24(34)22-23(18-12-20(30)25(35)21(13-18)38-3)33(27(37)26(22)36)28-31-32-29(40-28)39-14-17-7-5-4-6-8-17/h4-13,23,34-35H,14H2,1-3H3. The highest BCUT2D eigenvalue weighted by molar-refractivity contribution is 9.10. The molecular formula is C29H24BrN3O5S2. The number of methoxy groups -OCH3 is 1. The predicted molar refractivity (Wildman–Crippen MR) is 159 cm³/mol. The topological polar surface area (TPSA) is 113 Å². The van der Waals surface area contributed by atoms with Gasteiger partial charge in [0, 0.05) is 11.3 Å². The van der Waals surface area contributed by atoms with Crippen LogP contribution in [0.2, 0.25) is 0 Å². The van der Waals surface area contributed by atoms with Crippen LogP contribution < -0.4 is 9.64 Å². The fourth-order valence-electron chi connectivity index (χ4n) is 4.47. The van der Waals surface area contributed by atoms with E-state index >= 15 is 0 Å². The minimum absolute atomic E-state index is 0.0907. The minimum atomic E-state index is -1.05. The Labute approximate surface area is 247 Å². The number of aliphatic hydroxyl groups is 1. The number of rotatable bonds is 7. The molecule has 0 aliphatic carbocycles. The van der Waals surface area contributed by atoms with Gasteiger partial charge < -0.3 is 14.9 Å². The maximum absolute atomic E-state index is 13.6. The Bertz CT molecular complexity index is 1650. The van der Waals surface area contributed by atoms with Gasteiger partial charge in [0.1, 0.15) is 5.76 Å². The van der Waals surface area contributed by atoms with Crippen LogP contribution in [0.1, 0.15) is 33.9 Å². The van der Waals surface area contributed by atoms with Crippen molar-refractivity contribution in [1.82, 2.24) is 10.2 Å². The number of hydrogen-bond acceptors (Lipinski definition) is 9. The van der Waals surface area contributed by atoms with E-state index in [0.717, 1.165) is 16.7 Å². The van der Waals surface area contributed by atoms with Crippen LogP contribution in [0.5, 0.6) is 11.5 Å². The second kappa shape index (κ2) is 11.4. The summed E-state index contributed by atoms with van der Waals surface area (Å²) in [7, 11) is 1.40. The highest BCUT2D eigenvalue weighted by Gasteiger charge is 2.49. The molecule has 4 aromatic rings. The molecule has 1 amide bonds. The first kappa shape index (κ1) is 27.9. The number of Topliss-reactive ketones (excluding diaryl/α,β-unsaturated/α-hetero) is 1. The van der Waals surface area contributed by atoms with Gasteiger partial charge >= 0.3 is 5.91 Å². The molecule has 0 spiro atoms. The summed E-state index contributed by atoms with van der Waals surface area (Å²) in [4.78, 5) is 28.4. The molecule has 3 aromatic carbocycles. The third kappa shape index (κ3) is 5.24. The Hall–Kier alpha value is -3.67. The first-order valence-corrected chi connectivity index (χ1v) is 14.7. The summed E-state index contributed by atoms with van der Waals surface area (Å²) in [5.74, 6) is -1.31. The molecule has 8 nitrogen and oxygen atoms in total. The number of aryl methyl sites for hydroxylation is 2. The Morgan fingerprint density at radius 1 is 1.10 bits per heavy atom. The van der Waals surface area contributed by atoms with Crippen LogP contribution in [0.15, 0.2) is 75.0 Å². The number of amides is 1. The molecule has 1 unspecified atom stereocenters. The van der Waals surface area contributed by atoms with Gasteiger partial charge in [0.25, 0.3) is 5.78 Å². The third-order valence-corrected chi connectivity index (χ3v) is 9.22. The van der Waals surface area contributed by atoms with Crippen molar-refractivity contribution in [3.63, 3.8) is 0 Å². The van der Waals surface area contributed by atoms with Gasteiger partial charge in [-0.1, -0.05) is 71.1 Å². The summed E-state index contributed by atoms with van der Waals surface area (Å²) in [6, 6.07) is 17.5. The van der Waals surface area contributed by atoms with Gasteiger partial charge in [0.15, 0.2) is 15.8 Å². The van der Waals surface area contributed by atoms with Crippen molar-refractivity contribution in [1.29, 1.82) is 0 Å². The lowest BCUT2D eigenvalue weighted by atomic mass is 9.93. The van der Waals surface area contributed by atoms with Crippen molar-refractivity contribution in [2.45, 2.75) is 30.0 Å². The molecule has 40 heavy (non-hydrogen) atoms. The van der Waals surface area contributed by atoms with E-state index in [1.54, 1.807) is 12.1 Å². The molecule has 0 saturated carbocycles. The molecule has 11 heteroatoms. The predicted octanol–water partition coefficient (Wildman–Crippen LogP) is 6.55. The summed E-state index contributed by atoms with van der Waals surface area (Å²) in [5, 5.41) is 30.7. The SMILES string of the molecule is COc1cc(C2C(=C(O)c3cc(C)ccc3C)C(=O)C(=O)N2c2nnc(SCc3ccccc3)s2)cc(Br)c1O. The van der Waals surface area contributed by atoms with Crippen LogP contribution in [-0.4, -0.2) is 39.2 Å². The Balaban J connectivity index is 1.64. The number of halogens is 1. The molecule has 1 aliphatic heterocycles. The largest absolute Gasteiger partial charge is 0.507 e. The van der Waals surface area contributed by atoms with E-state index in [0.29, 0.717) is 25.7 Å². The summed E-state index contributed by atoms with van der Waals surface area (Å²) in [6.45, 7) is 3.70. The van der Waals surface area contributed by atoms with Crippen molar-refractivity contribution >= 4 is 61.6 Å². The van der Waals surface area contributed by atoms with Crippen LogP contribution in [0, 0.1) is 13.8 Å². The number of aromatic nitrogens is 2. The van der Waals surface area contributed by atoms with Crippen molar-refractivity contribution in [3.8, 4) is 11.5 Å². The molecule has 204 valence electrons. The number of carbonyl (C=O) groups is 2. The van der Waals surface area contributed by atoms with Gasteiger partial charge in [-0.3, -0.25) is 14.5 Å². The lowest BCUT2D eigenvalue weighted by molar-refractivity contribution is -0.132. The van der Waals surface area contributed by atoms with Crippen LogP contribution in [0.4, 0.5) is 5.13 Å². The van der Waals surface area contributed by atoms with Crippen LogP contribution >= 0.6 is 39.0 Å². The van der Waals surface area contributed by atoms with E-state index in [-0.39, 0.29) is 28.0 Å². The Morgan fingerprint density at radius 3 is 2.58 bits per heavy atom. The smallest absolute Gasteiger partial charge is 0.301 e. The van der Waals surface area contributed by atoms with E-state index in [1.807, 2.05) is 56.3 Å². The van der Waals surface area contributed by atoms with Crippen LogP contribution in [0.3, 0.4) is 0 Å². The van der Waals surface area contributed by atoms with Crippen LogP contribution in [0.25, 0.3) is 5.76 Å². The van der Waals surface area contributed by atoms with Gasteiger partial charge in [-0.2, -0.15) is 0 Å². The molecule has 1 saturated heterocycles. The number of phenols is 1. The van der Waals surface area contributed by atoms with Gasteiger partial charge in [0.2, 0.25) is 5.13 Å². The lowest BCUT2D eigenvalue weighted by Gasteiger charge is -2.23. The highest BCUT2D eigenvalue weighted by Crippen LogP contribution is 2.47. The molecule has 0 bridgehead atoms. The van der Waals surface area contributed by atoms with E-state index in [2.05, 4.69) is 26.1 Å². The second-order valence-electron chi connectivity index (χ2n) is 9.17. The molecule has 1 aliphatic rings. The number of anilines is 1. The second-order valence-corrected chi connectivity index (χ2v) is 12.2. The van der Waals surface area contributed by atoms with Crippen molar-refractivity contribution in [2.24, 2.45) is 0 Å². The fourth-order valence-corrected chi connectivity index (χ4v) is 6.75. The van der Waals surface area contributed by atoms with E-state index < -0.39 is 17.7 Å². The lowest BCUT2D eigenvalue weighted by Crippen LogP contribution is -2.29. The van der Waals surface area contributed by atoms with Crippen molar-refractivity contribution < 1.29 is 24.5 Å². The fraction of sp³-hybridized carbons (Fsp3) is 0.172. The average molecular weight is 639 g/mol. The van der Waals surface area contributed by atoms with Gasteiger partial charge in [-0.05, 0) is 64.7 Å². The summed E-state index contributed by atoms with van der Waals surface area (Å²) in [6.07, 6.45) is 0. The van der Waals surface area contributed by atoms with Crippen molar-refractivity contribution in [2.75, 3.05) is 12.0 Å². The molecule has 1 fully saturated rings. The summed E-state index contributed by atoms with van der Waals surface area (Å²) >= 11 is 5.99. The maximum Gasteiger partial charge on any atom is 0.301 e. The van der Waals surface area contributed by atoms with Gasteiger partial charge in [0.05, 0.1) is 23.2 Å². The summed E-state index contributed by atoms with van der Waals surface area (Å²) < 4.78 is 6.26. The van der Waals surface area contributed by atoms with E-state index in [9.17, 15) is 19.8 Å². The van der Waals surface area contributed by atoms with Crippen LogP contribution in [-0.2, 0) is 15.3 Å². The number of benzene rings is 3. The number of thioether (sulfide) groups is 1. The number of aromatic hydroxyl groups is 1. The summed E-state index contributed by atoms with van der Waals surface area (Å²) in [5.41, 5.74) is 3.53. The minimum Gasteiger partial charge on any atom is -0.507 e. The molecule has 2 N–H and O–H groups in total. The monoisotopic (exact) mass is 637 g/mol. The average Bonchev–Trinajstić information content (AvgIpc) is 3.52. The molecule has 1 aromatic heterocycles. The zero-order valence-electron chi connectivity index (χ0n) is 21.7. The molecule has 0 radical (unpaired) electrons. The number of ketones is 1.